The number of aliphatic imine (C=N–C) groups is 1. The zero-order valence-corrected chi connectivity index (χ0v) is 7.58. The first-order valence-corrected chi connectivity index (χ1v) is 5.34. The molecule has 1 heterocycles. The molecule has 1 aliphatic heterocycles. The van der Waals surface area contributed by atoms with Crippen molar-refractivity contribution in [3.63, 3.8) is 0 Å². The van der Waals surface area contributed by atoms with Crippen LogP contribution in [0.1, 0.15) is 5.56 Å². The highest BCUT2D eigenvalue weighted by Gasteiger charge is 2.11. The Balaban J connectivity index is 2.51. The summed E-state index contributed by atoms with van der Waals surface area (Å²) in [7, 11) is -3.33. The number of nitrogens with zero attached hydrogens (tertiary/aromatic N) is 1. The molecule has 5 heteroatoms. The zero-order chi connectivity index (χ0) is 9.31. The standard InChI is InChI=1S/C8H8N2O2S/c11-13(12)6-9-8-4-2-1-3-7(8)5-10-13/h1-4,6,10H,5H2. The molecule has 0 unspecified atom stereocenters. The van der Waals surface area contributed by atoms with Gasteiger partial charge in [0.05, 0.1) is 5.69 Å². The molecule has 0 saturated heterocycles. The summed E-state index contributed by atoms with van der Waals surface area (Å²) in [5.74, 6) is 0. The van der Waals surface area contributed by atoms with Crippen molar-refractivity contribution >= 4 is 21.3 Å². The summed E-state index contributed by atoms with van der Waals surface area (Å²) in [6.45, 7) is 0.304. The second-order valence-electron chi connectivity index (χ2n) is 2.73. The predicted octanol–water partition coefficient (Wildman–Crippen LogP) is 0.779. The summed E-state index contributed by atoms with van der Waals surface area (Å²) in [5, 5.41) is 0. The lowest BCUT2D eigenvalue weighted by molar-refractivity contribution is 0.595. The molecule has 0 aromatic heterocycles. The van der Waals surface area contributed by atoms with Crippen LogP contribution in [0.5, 0.6) is 0 Å². The number of para-hydroxylation sites is 1. The molecule has 2 rings (SSSR count). The number of hydrogen-bond acceptors (Lipinski definition) is 3. The molecular weight excluding hydrogens is 188 g/mol. The van der Waals surface area contributed by atoms with Crippen molar-refractivity contribution in [3.8, 4) is 0 Å². The van der Waals surface area contributed by atoms with Gasteiger partial charge in [-0.25, -0.2) is 18.1 Å². The summed E-state index contributed by atoms with van der Waals surface area (Å²) in [6.07, 6.45) is 0. The molecule has 1 N–H and O–H groups in total. The summed E-state index contributed by atoms with van der Waals surface area (Å²) >= 11 is 0. The molecule has 1 aromatic rings. The van der Waals surface area contributed by atoms with E-state index in [0.29, 0.717) is 12.2 Å². The fourth-order valence-electron chi connectivity index (χ4n) is 1.13. The van der Waals surface area contributed by atoms with Crippen LogP contribution in [-0.4, -0.2) is 14.0 Å². The minimum absolute atomic E-state index is 0.304. The molecule has 0 saturated carbocycles. The number of rotatable bonds is 0. The predicted molar refractivity (Wildman–Crippen MR) is 50.4 cm³/mol. The molecule has 4 nitrogen and oxygen atoms in total. The minimum atomic E-state index is -3.33. The van der Waals surface area contributed by atoms with Gasteiger partial charge in [0.2, 0.25) is 0 Å². The fraction of sp³-hybridized carbons (Fsp3) is 0.125. The van der Waals surface area contributed by atoms with Gasteiger partial charge < -0.3 is 0 Å². The van der Waals surface area contributed by atoms with E-state index in [1.165, 1.54) is 0 Å². The quantitative estimate of drug-likeness (QED) is 0.666. The van der Waals surface area contributed by atoms with E-state index in [4.69, 9.17) is 0 Å². The molecule has 0 atom stereocenters. The Morgan fingerprint density at radius 2 is 2.08 bits per heavy atom. The molecule has 13 heavy (non-hydrogen) atoms. The molecular formula is C8H8N2O2S. The van der Waals surface area contributed by atoms with Crippen LogP contribution >= 0.6 is 0 Å². The first-order valence-electron chi connectivity index (χ1n) is 3.79. The van der Waals surface area contributed by atoms with Crippen molar-refractivity contribution < 1.29 is 8.42 Å². The summed E-state index contributed by atoms with van der Waals surface area (Å²) in [5.41, 5.74) is 2.54. The maximum atomic E-state index is 11.1. The van der Waals surface area contributed by atoms with Gasteiger partial charge in [0.15, 0.2) is 0 Å². The molecule has 0 amide bonds. The van der Waals surface area contributed by atoms with Gasteiger partial charge in [-0.3, -0.25) is 0 Å². The topological polar surface area (TPSA) is 58.5 Å². The highest BCUT2D eigenvalue weighted by atomic mass is 32.2. The first-order chi connectivity index (χ1) is 6.17. The minimum Gasteiger partial charge on any atom is -0.243 e. The van der Waals surface area contributed by atoms with Crippen LogP contribution in [0.15, 0.2) is 29.3 Å². The fourth-order valence-corrected chi connectivity index (χ4v) is 1.81. The molecule has 1 aliphatic rings. The number of hydrogen-bond donors (Lipinski definition) is 1. The van der Waals surface area contributed by atoms with E-state index in [1.807, 2.05) is 18.2 Å². The molecule has 0 radical (unpaired) electrons. The zero-order valence-electron chi connectivity index (χ0n) is 6.77. The number of benzene rings is 1. The van der Waals surface area contributed by atoms with Gasteiger partial charge in [-0.2, -0.15) is 0 Å². The average Bonchev–Trinajstić information content (AvgIpc) is 2.27. The van der Waals surface area contributed by atoms with Crippen LogP contribution in [-0.2, 0) is 16.6 Å². The third-order valence-corrected chi connectivity index (χ3v) is 2.72. The summed E-state index contributed by atoms with van der Waals surface area (Å²) in [6, 6.07) is 7.32. The highest BCUT2D eigenvalue weighted by Crippen LogP contribution is 2.19. The Labute approximate surface area is 76.4 Å². The number of sulfonamides is 1. The van der Waals surface area contributed by atoms with E-state index in [9.17, 15) is 8.42 Å². The second kappa shape index (κ2) is 2.93. The van der Waals surface area contributed by atoms with Crippen LogP contribution in [0.4, 0.5) is 5.69 Å². The van der Waals surface area contributed by atoms with Crippen molar-refractivity contribution in [1.82, 2.24) is 4.72 Å². The lowest BCUT2D eigenvalue weighted by Crippen LogP contribution is -2.22. The molecule has 68 valence electrons. The van der Waals surface area contributed by atoms with E-state index in [0.717, 1.165) is 11.1 Å². The largest absolute Gasteiger partial charge is 0.251 e. The number of nitrogens with one attached hydrogen (secondary N) is 1. The Hall–Kier alpha value is -1.20. The Kier molecular flexibility index (Phi) is 1.90. The lowest BCUT2D eigenvalue weighted by atomic mass is 10.2. The van der Waals surface area contributed by atoms with Crippen LogP contribution in [0, 0.1) is 0 Å². The van der Waals surface area contributed by atoms with E-state index < -0.39 is 10.0 Å². The first kappa shape index (κ1) is 8.40. The second-order valence-corrected chi connectivity index (χ2v) is 4.32. The van der Waals surface area contributed by atoms with E-state index in [2.05, 4.69) is 9.71 Å². The van der Waals surface area contributed by atoms with E-state index in [1.54, 1.807) is 6.07 Å². The molecule has 0 fully saturated rings. The highest BCUT2D eigenvalue weighted by molar-refractivity contribution is 8.02. The van der Waals surface area contributed by atoms with Crippen LogP contribution in [0.2, 0.25) is 0 Å². The van der Waals surface area contributed by atoms with Crippen molar-refractivity contribution in [2.45, 2.75) is 6.54 Å². The number of fused-ring (bicyclic) bond motifs is 1. The average molecular weight is 196 g/mol. The van der Waals surface area contributed by atoms with Crippen LogP contribution in [0.25, 0.3) is 0 Å². The van der Waals surface area contributed by atoms with Gasteiger partial charge in [-0.15, -0.1) is 0 Å². The van der Waals surface area contributed by atoms with Gasteiger partial charge >= 0.3 is 0 Å². The third-order valence-electron chi connectivity index (χ3n) is 1.79. The Morgan fingerprint density at radius 3 is 2.92 bits per heavy atom. The molecule has 1 aromatic carbocycles. The van der Waals surface area contributed by atoms with Crippen molar-refractivity contribution in [3.05, 3.63) is 29.8 Å². The molecule has 0 aliphatic carbocycles. The van der Waals surface area contributed by atoms with E-state index >= 15 is 0 Å². The molecule has 0 spiro atoms. The third kappa shape index (κ3) is 1.76. The normalized spacial score (nSPS) is 19.1. The SMILES string of the molecule is O=S1(=O)C=Nc2ccccc2CN1. The monoisotopic (exact) mass is 196 g/mol. The van der Waals surface area contributed by atoms with Gasteiger partial charge in [0.1, 0.15) is 5.55 Å². The maximum absolute atomic E-state index is 11.1. The maximum Gasteiger partial charge on any atom is 0.251 e. The van der Waals surface area contributed by atoms with Gasteiger partial charge in [-0.1, -0.05) is 18.2 Å². The van der Waals surface area contributed by atoms with Crippen molar-refractivity contribution in [2.75, 3.05) is 0 Å². The summed E-state index contributed by atoms with van der Waals surface area (Å²) in [4.78, 5) is 3.86. The Bertz CT molecular complexity index is 451. The van der Waals surface area contributed by atoms with Crippen molar-refractivity contribution in [2.24, 2.45) is 4.99 Å². The van der Waals surface area contributed by atoms with Gasteiger partial charge in [0.25, 0.3) is 10.0 Å². The lowest BCUT2D eigenvalue weighted by Gasteiger charge is -2.00. The van der Waals surface area contributed by atoms with Crippen LogP contribution in [0.3, 0.4) is 0 Å². The smallest absolute Gasteiger partial charge is 0.243 e. The summed E-state index contributed by atoms with van der Waals surface area (Å²) < 4.78 is 24.6. The molecule has 0 bridgehead atoms. The van der Waals surface area contributed by atoms with Crippen LogP contribution < -0.4 is 4.72 Å². The van der Waals surface area contributed by atoms with Gasteiger partial charge in [0, 0.05) is 6.54 Å². The Morgan fingerprint density at radius 1 is 1.31 bits per heavy atom. The van der Waals surface area contributed by atoms with Gasteiger partial charge in [-0.05, 0) is 11.6 Å². The van der Waals surface area contributed by atoms with Crippen molar-refractivity contribution in [1.29, 1.82) is 0 Å². The van der Waals surface area contributed by atoms with E-state index in [-0.39, 0.29) is 0 Å².